The molecule has 0 atom stereocenters. The summed E-state index contributed by atoms with van der Waals surface area (Å²) in [5.74, 6) is 2.36. The van der Waals surface area contributed by atoms with E-state index in [2.05, 4.69) is 47.1 Å². The Labute approximate surface area is 213 Å². The van der Waals surface area contributed by atoms with Crippen molar-refractivity contribution in [3.05, 3.63) is 53.7 Å². The van der Waals surface area contributed by atoms with E-state index in [1.807, 2.05) is 36.4 Å². The molecule has 2 aromatic carbocycles. The molecule has 0 saturated carbocycles. The van der Waals surface area contributed by atoms with Gasteiger partial charge in [0.25, 0.3) is 0 Å². The van der Waals surface area contributed by atoms with E-state index in [-0.39, 0.29) is 0 Å². The van der Waals surface area contributed by atoms with Crippen LogP contribution in [0.1, 0.15) is 25.0 Å². The Balaban J connectivity index is 1.34. The first-order valence-electron chi connectivity index (χ1n) is 12.4. The van der Waals surface area contributed by atoms with Crippen LogP contribution < -0.4 is 19.5 Å². The number of aromatic nitrogens is 1. The third-order valence-corrected chi connectivity index (χ3v) is 6.58. The van der Waals surface area contributed by atoms with Crippen LogP contribution in [-0.2, 0) is 6.42 Å². The van der Waals surface area contributed by atoms with E-state index in [4.69, 9.17) is 14.2 Å². The zero-order chi connectivity index (χ0) is 25.5. The van der Waals surface area contributed by atoms with Gasteiger partial charge in [-0.25, -0.2) is 0 Å². The number of nitrogens with zero attached hydrogens (tertiary/aromatic N) is 4. The number of nitriles is 1. The SMILES string of the molecule is COc1ccc2ncc(C#N)c(CCN(C)CCN(CNc3ccc4c(c3)OCCO4)C(C)C)c2c1. The van der Waals surface area contributed by atoms with Crippen molar-refractivity contribution < 1.29 is 14.2 Å². The van der Waals surface area contributed by atoms with Crippen LogP contribution in [0.15, 0.2) is 42.6 Å². The minimum absolute atomic E-state index is 0.393. The first kappa shape index (κ1) is 25.5. The summed E-state index contributed by atoms with van der Waals surface area (Å²) in [6.45, 7) is 9.00. The number of rotatable bonds is 11. The number of methoxy groups -OCH3 is 1. The topological polar surface area (TPSA) is 82.9 Å². The van der Waals surface area contributed by atoms with Crippen LogP contribution in [0.2, 0.25) is 0 Å². The van der Waals surface area contributed by atoms with Gasteiger partial charge in [-0.15, -0.1) is 0 Å². The summed E-state index contributed by atoms with van der Waals surface area (Å²) < 4.78 is 16.7. The average Bonchev–Trinajstić information content (AvgIpc) is 2.90. The van der Waals surface area contributed by atoms with Gasteiger partial charge in [-0.05, 0) is 63.2 Å². The first-order chi connectivity index (χ1) is 17.5. The molecule has 1 aliphatic rings. The third kappa shape index (κ3) is 6.17. The Kier molecular flexibility index (Phi) is 8.47. The molecule has 0 aliphatic carbocycles. The number of anilines is 1. The van der Waals surface area contributed by atoms with Crippen molar-refractivity contribution in [2.45, 2.75) is 26.3 Å². The van der Waals surface area contributed by atoms with Gasteiger partial charge in [0.15, 0.2) is 11.5 Å². The van der Waals surface area contributed by atoms with E-state index in [1.165, 1.54) is 0 Å². The molecule has 190 valence electrons. The summed E-state index contributed by atoms with van der Waals surface area (Å²) in [6, 6.07) is 14.5. The molecule has 0 amide bonds. The Bertz CT molecular complexity index is 1220. The van der Waals surface area contributed by atoms with Crippen LogP contribution in [0.5, 0.6) is 17.2 Å². The number of hydrogen-bond acceptors (Lipinski definition) is 8. The molecule has 0 bridgehead atoms. The molecule has 0 saturated heterocycles. The van der Waals surface area contributed by atoms with Crippen molar-refractivity contribution in [3.63, 3.8) is 0 Å². The fourth-order valence-corrected chi connectivity index (χ4v) is 4.30. The monoisotopic (exact) mass is 489 g/mol. The van der Waals surface area contributed by atoms with Gasteiger partial charge in [-0.1, -0.05) is 0 Å². The van der Waals surface area contributed by atoms with Gasteiger partial charge in [0.05, 0.1) is 24.9 Å². The fourth-order valence-electron chi connectivity index (χ4n) is 4.30. The standard InChI is InChI=1S/C28H35N5O3/c1-20(2)33(19-31-22-5-8-27-28(15-22)36-14-13-35-27)12-11-32(3)10-9-24-21(17-29)18-30-26-7-6-23(34-4)16-25(24)26/h5-8,15-16,18,20,31H,9-14,19H2,1-4H3. The average molecular weight is 490 g/mol. The van der Waals surface area contributed by atoms with Crippen LogP contribution in [0, 0.1) is 11.3 Å². The maximum Gasteiger partial charge on any atom is 0.163 e. The van der Waals surface area contributed by atoms with Gasteiger partial charge in [-0.2, -0.15) is 5.26 Å². The second-order valence-electron chi connectivity index (χ2n) is 9.30. The van der Waals surface area contributed by atoms with Gasteiger partial charge in [0, 0.05) is 49.0 Å². The molecule has 0 spiro atoms. The number of likely N-dealkylation sites (N-methyl/N-ethyl adjacent to an activating group) is 1. The predicted octanol–water partition coefficient (Wildman–Crippen LogP) is 4.14. The van der Waals surface area contributed by atoms with E-state index in [9.17, 15) is 5.26 Å². The molecule has 3 aromatic rings. The lowest BCUT2D eigenvalue weighted by Crippen LogP contribution is -2.41. The largest absolute Gasteiger partial charge is 0.497 e. The van der Waals surface area contributed by atoms with Crippen molar-refractivity contribution in [2.24, 2.45) is 0 Å². The fraction of sp³-hybridized carbons (Fsp3) is 0.429. The highest BCUT2D eigenvalue weighted by Crippen LogP contribution is 2.32. The first-order valence-corrected chi connectivity index (χ1v) is 12.4. The molecular formula is C28H35N5O3. The quantitative estimate of drug-likeness (QED) is 0.403. The minimum Gasteiger partial charge on any atom is -0.497 e. The minimum atomic E-state index is 0.393. The number of pyridine rings is 1. The van der Waals surface area contributed by atoms with Crippen molar-refractivity contribution >= 4 is 16.6 Å². The van der Waals surface area contributed by atoms with Crippen LogP contribution in [0.25, 0.3) is 10.9 Å². The molecule has 4 rings (SSSR count). The normalized spacial score (nSPS) is 12.8. The summed E-state index contributed by atoms with van der Waals surface area (Å²) in [4.78, 5) is 9.16. The zero-order valence-electron chi connectivity index (χ0n) is 21.6. The summed E-state index contributed by atoms with van der Waals surface area (Å²) in [5, 5.41) is 14.2. The molecule has 1 N–H and O–H groups in total. The molecule has 8 nitrogen and oxygen atoms in total. The zero-order valence-corrected chi connectivity index (χ0v) is 21.6. The molecule has 0 unspecified atom stereocenters. The second kappa shape index (κ2) is 11.9. The van der Waals surface area contributed by atoms with E-state index in [1.54, 1.807) is 13.3 Å². The molecule has 36 heavy (non-hydrogen) atoms. The molecular weight excluding hydrogens is 454 g/mol. The van der Waals surface area contributed by atoms with E-state index in [0.717, 1.165) is 72.1 Å². The lowest BCUT2D eigenvalue weighted by molar-refractivity contribution is 0.171. The number of benzene rings is 2. The maximum atomic E-state index is 9.66. The highest BCUT2D eigenvalue weighted by atomic mass is 16.6. The van der Waals surface area contributed by atoms with Gasteiger partial charge in [0.1, 0.15) is 25.0 Å². The molecule has 8 heteroatoms. The lowest BCUT2D eigenvalue weighted by Gasteiger charge is -2.29. The van der Waals surface area contributed by atoms with E-state index in [0.29, 0.717) is 24.8 Å². The molecule has 0 radical (unpaired) electrons. The number of hydrogen-bond donors (Lipinski definition) is 1. The number of ether oxygens (including phenoxy) is 3. The Morgan fingerprint density at radius 2 is 1.89 bits per heavy atom. The molecule has 1 aromatic heterocycles. The van der Waals surface area contributed by atoms with Crippen molar-refractivity contribution in [1.29, 1.82) is 5.26 Å². The van der Waals surface area contributed by atoms with Crippen LogP contribution in [-0.4, -0.2) is 74.5 Å². The smallest absolute Gasteiger partial charge is 0.163 e. The van der Waals surface area contributed by atoms with Gasteiger partial charge < -0.3 is 24.4 Å². The van der Waals surface area contributed by atoms with Gasteiger partial charge >= 0.3 is 0 Å². The Morgan fingerprint density at radius 3 is 2.64 bits per heavy atom. The second-order valence-corrected chi connectivity index (χ2v) is 9.30. The van der Waals surface area contributed by atoms with Crippen LogP contribution in [0.4, 0.5) is 5.69 Å². The van der Waals surface area contributed by atoms with Crippen molar-refractivity contribution in [1.82, 2.24) is 14.8 Å². The van der Waals surface area contributed by atoms with Crippen molar-refractivity contribution in [2.75, 3.05) is 59.0 Å². The van der Waals surface area contributed by atoms with E-state index < -0.39 is 0 Å². The van der Waals surface area contributed by atoms with Gasteiger partial charge in [-0.3, -0.25) is 9.88 Å². The highest BCUT2D eigenvalue weighted by molar-refractivity contribution is 5.85. The highest BCUT2D eigenvalue weighted by Gasteiger charge is 2.15. The molecule has 1 aliphatic heterocycles. The number of fused-ring (bicyclic) bond motifs is 2. The number of nitrogens with one attached hydrogen (secondary N) is 1. The summed E-state index contributed by atoms with van der Waals surface area (Å²) in [7, 11) is 3.78. The van der Waals surface area contributed by atoms with E-state index >= 15 is 0 Å². The van der Waals surface area contributed by atoms with Crippen LogP contribution >= 0.6 is 0 Å². The summed E-state index contributed by atoms with van der Waals surface area (Å²) in [5.41, 5.74) is 3.54. The van der Waals surface area contributed by atoms with Gasteiger partial charge in [0.2, 0.25) is 0 Å². The predicted molar refractivity (Wildman–Crippen MR) is 142 cm³/mol. The van der Waals surface area contributed by atoms with Crippen LogP contribution in [0.3, 0.4) is 0 Å². The van der Waals surface area contributed by atoms with Crippen molar-refractivity contribution in [3.8, 4) is 23.3 Å². The Morgan fingerprint density at radius 1 is 1.08 bits per heavy atom. The summed E-state index contributed by atoms with van der Waals surface area (Å²) in [6.07, 6.45) is 2.44. The summed E-state index contributed by atoms with van der Waals surface area (Å²) >= 11 is 0. The molecule has 2 heterocycles. The third-order valence-electron chi connectivity index (χ3n) is 6.58. The Hall–Kier alpha value is -3.54. The molecule has 0 fully saturated rings. The maximum absolute atomic E-state index is 9.66. The lowest BCUT2D eigenvalue weighted by atomic mass is 10.0.